The maximum Gasteiger partial charge on any atom is -0.00190 e. The zero-order valence-corrected chi connectivity index (χ0v) is 42.2. The number of hydrogen-bond donors (Lipinski definition) is 0. The Morgan fingerprint density at radius 3 is 1.58 bits per heavy atom. The minimum atomic E-state index is -0.448. The highest BCUT2D eigenvalue weighted by Gasteiger charge is 2.39. The third kappa shape index (κ3) is 14.6. The molecule has 0 N–H and O–H groups in total. The van der Waals surface area contributed by atoms with Crippen molar-refractivity contribution in [1.82, 2.24) is 0 Å². The molecule has 59 heavy (non-hydrogen) atoms. The van der Waals surface area contributed by atoms with E-state index in [1.54, 1.807) is 10.9 Å². The van der Waals surface area contributed by atoms with Crippen LogP contribution in [-0.4, -0.2) is 26.8 Å². The highest BCUT2D eigenvalue weighted by atomic mass is 31.1. The highest BCUT2D eigenvalue weighted by molar-refractivity contribution is 7.69. The molecule has 0 aliphatic carbocycles. The first-order chi connectivity index (χ1) is 27.7. The van der Waals surface area contributed by atoms with E-state index in [9.17, 15) is 0 Å². The lowest BCUT2D eigenvalue weighted by Crippen LogP contribution is -2.33. The SMILES string of the molecule is CC(C)(C)PC(C)(C)C.CCCCPc1ccccc1-c1ccccc1.CCCCc1cc2ccccc2c(-c2cccc3ccccc23)c1P(C(C)(C)C)C(C)(C)C. The minimum absolute atomic E-state index is 0.205. The molecule has 0 aromatic heterocycles. The van der Waals surface area contributed by atoms with E-state index >= 15 is 0 Å². The van der Waals surface area contributed by atoms with Gasteiger partial charge in [0.05, 0.1) is 0 Å². The number of unbranched alkanes of at least 4 members (excludes halogenated alkanes) is 2. The van der Waals surface area contributed by atoms with E-state index in [2.05, 4.69) is 224 Å². The van der Waals surface area contributed by atoms with Gasteiger partial charge in [-0.3, -0.25) is 0 Å². The number of aryl methyl sites for hydroxylation is 1. The van der Waals surface area contributed by atoms with Crippen LogP contribution in [-0.2, 0) is 6.42 Å². The molecule has 1 atom stereocenters. The highest BCUT2D eigenvalue weighted by Crippen LogP contribution is 2.61. The van der Waals surface area contributed by atoms with Gasteiger partial charge in [0.15, 0.2) is 0 Å². The molecule has 0 nitrogen and oxygen atoms in total. The zero-order chi connectivity index (χ0) is 43.4. The maximum atomic E-state index is 2.52. The van der Waals surface area contributed by atoms with Crippen LogP contribution < -0.4 is 10.6 Å². The predicted octanol–water partition coefficient (Wildman–Crippen LogP) is 17.4. The molecule has 0 heterocycles. The summed E-state index contributed by atoms with van der Waals surface area (Å²) in [5, 5.41) is 10.0. The molecular weight excluding hydrogens is 766 g/mol. The molecule has 0 amide bonds. The van der Waals surface area contributed by atoms with Crippen molar-refractivity contribution in [2.75, 3.05) is 6.16 Å². The van der Waals surface area contributed by atoms with E-state index in [4.69, 9.17) is 0 Å². The lowest BCUT2D eigenvalue weighted by Gasteiger charge is -2.44. The molecule has 3 heteroatoms. The molecule has 316 valence electrons. The maximum absolute atomic E-state index is 2.52. The Labute approximate surface area is 366 Å². The summed E-state index contributed by atoms with van der Waals surface area (Å²) in [6.45, 7) is 33.1. The first-order valence-corrected chi connectivity index (χ1v) is 25.8. The largest absolute Gasteiger partial charge is 0.111 e. The van der Waals surface area contributed by atoms with E-state index in [0.717, 1.165) is 23.6 Å². The molecule has 0 fully saturated rings. The minimum Gasteiger partial charge on any atom is -0.111 e. The van der Waals surface area contributed by atoms with Crippen molar-refractivity contribution >= 4 is 57.2 Å². The van der Waals surface area contributed by atoms with Crippen LogP contribution in [0.1, 0.15) is 128 Å². The van der Waals surface area contributed by atoms with Crippen molar-refractivity contribution in [2.24, 2.45) is 0 Å². The third-order valence-corrected chi connectivity index (χ3v) is 16.7. The van der Waals surface area contributed by atoms with Gasteiger partial charge < -0.3 is 0 Å². The standard InChI is InChI=1S/C32H39P.C16H19P.C8H19P/c1-8-9-15-25-22-24-17-11-13-20-27(24)29(30(25)33(31(2,3)4)32(5,6)7)28-21-14-18-23-16-10-12-19-26(23)28;1-2-3-13-17-16-12-8-7-11-15(16)14-9-5-4-6-10-14;1-7(2,3)9-8(4,5)6/h10-14,16-22H,8-9,15H2,1-7H3;4-12,17H,2-3,13H2,1H3;9H,1-6H3. The molecule has 0 aliphatic rings. The summed E-state index contributed by atoms with van der Waals surface area (Å²) in [6.07, 6.45) is 7.55. The summed E-state index contributed by atoms with van der Waals surface area (Å²) < 4.78 is 0. The van der Waals surface area contributed by atoms with Crippen LogP contribution in [0.2, 0.25) is 0 Å². The molecule has 0 saturated carbocycles. The second-order valence-electron chi connectivity index (χ2n) is 20.1. The number of fused-ring (bicyclic) bond motifs is 2. The van der Waals surface area contributed by atoms with E-state index in [0.29, 0.717) is 10.3 Å². The topological polar surface area (TPSA) is 0 Å². The van der Waals surface area contributed by atoms with Crippen LogP contribution in [0.25, 0.3) is 43.8 Å². The third-order valence-electron chi connectivity index (χ3n) is 10.1. The Balaban J connectivity index is 0.000000245. The number of hydrogen-bond acceptors (Lipinski definition) is 0. The molecule has 0 saturated heterocycles. The summed E-state index contributed by atoms with van der Waals surface area (Å²) in [5.74, 6) is 0. The van der Waals surface area contributed by atoms with Crippen molar-refractivity contribution in [3.63, 3.8) is 0 Å². The predicted molar refractivity (Wildman–Crippen MR) is 279 cm³/mol. The van der Waals surface area contributed by atoms with Gasteiger partial charge >= 0.3 is 0 Å². The zero-order valence-electron chi connectivity index (χ0n) is 39.3. The van der Waals surface area contributed by atoms with Gasteiger partial charge in [0.2, 0.25) is 0 Å². The fourth-order valence-electron chi connectivity index (χ4n) is 8.63. The summed E-state index contributed by atoms with van der Waals surface area (Å²) in [4.78, 5) is 0. The van der Waals surface area contributed by atoms with E-state index in [1.165, 1.54) is 80.9 Å². The van der Waals surface area contributed by atoms with Crippen LogP contribution in [0.3, 0.4) is 0 Å². The Kier molecular flexibility index (Phi) is 18.0. The molecule has 6 rings (SSSR count). The van der Waals surface area contributed by atoms with Gasteiger partial charge in [0, 0.05) is 0 Å². The van der Waals surface area contributed by atoms with Gasteiger partial charge in [0.25, 0.3) is 0 Å². The van der Waals surface area contributed by atoms with E-state index in [-0.39, 0.29) is 10.3 Å². The van der Waals surface area contributed by atoms with E-state index in [1.807, 2.05) is 0 Å². The Bertz CT molecular complexity index is 2160. The van der Waals surface area contributed by atoms with Crippen molar-refractivity contribution in [2.45, 2.75) is 150 Å². The van der Waals surface area contributed by atoms with Crippen molar-refractivity contribution < 1.29 is 0 Å². The van der Waals surface area contributed by atoms with Crippen LogP contribution in [0, 0.1) is 0 Å². The van der Waals surface area contributed by atoms with Crippen LogP contribution in [0.4, 0.5) is 0 Å². The van der Waals surface area contributed by atoms with Crippen LogP contribution in [0.5, 0.6) is 0 Å². The molecule has 0 aliphatic heterocycles. The van der Waals surface area contributed by atoms with Gasteiger partial charge in [-0.1, -0.05) is 254 Å². The Morgan fingerprint density at radius 1 is 0.492 bits per heavy atom. The average Bonchev–Trinajstić information content (AvgIpc) is 3.15. The quantitative estimate of drug-likeness (QED) is 0.0952. The van der Waals surface area contributed by atoms with Gasteiger partial charge in [0.1, 0.15) is 0 Å². The molecule has 0 radical (unpaired) electrons. The monoisotopic (exact) mass is 843 g/mol. The molecule has 0 bridgehead atoms. The summed E-state index contributed by atoms with van der Waals surface area (Å²) in [7, 11) is 1.54. The first-order valence-electron chi connectivity index (χ1n) is 22.3. The molecule has 6 aromatic carbocycles. The van der Waals surface area contributed by atoms with Crippen molar-refractivity contribution in [3.05, 3.63) is 133 Å². The Morgan fingerprint density at radius 2 is 1.00 bits per heavy atom. The van der Waals surface area contributed by atoms with Gasteiger partial charge in [-0.25, -0.2) is 0 Å². The lowest BCUT2D eigenvalue weighted by atomic mass is 9.91. The van der Waals surface area contributed by atoms with Crippen LogP contribution >= 0.6 is 25.1 Å². The van der Waals surface area contributed by atoms with Crippen molar-refractivity contribution in [3.8, 4) is 22.3 Å². The normalized spacial score (nSPS) is 12.5. The summed E-state index contributed by atoms with van der Waals surface area (Å²) in [5.41, 5.74) is 7.18. The smallest absolute Gasteiger partial charge is 0.00190 e. The van der Waals surface area contributed by atoms with Crippen molar-refractivity contribution in [1.29, 1.82) is 0 Å². The summed E-state index contributed by atoms with van der Waals surface area (Å²) in [6, 6.07) is 46.8. The fourth-order valence-corrected chi connectivity index (χ4v) is 16.6. The first kappa shape index (κ1) is 48.8. The number of benzene rings is 6. The van der Waals surface area contributed by atoms with Crippen LogP contribution in [0.15, 0.2) is 127 Å². The second kappa shape index (κ2) is 21.8. The lowest BCUT2D eigenvalue weighted by molar-refractivity contribution is 0.713. The molecule has 1 unspecified atom stereocenters. The molecular formula is C56H77P3. The molecule has 0 spiro atoms. The number of rotatable bonds is 10. The van der Waals surface area contributed by atoms with Gasteiger partial charge in [-0.15, -0.1) is 8.58 Å². The second-order valence-corrected chi connectivity index (χ2v) is 28.5. The molecule has 6 aromatic rings. The Hall–Kier alpha value is -2.87. The van der Waals surface area contributed by atoms with Gasteiger partial charge in [-0.2, -0.15) is 0 Å². The average molecular weight is 843 g/mol. The fraction of sp³-hybridized carbons (Fsp3) is 0.429. The van der Waals surface area contributed by atoms with Gasteiger partial charge in [-0.05, 0) is 106 Å². The van der Waals surface area contributed by atoms with E-state index < -0.39 is 7.92 Å². The summed E-state index contributed by atoms with van der Waals surface area (Å²) >= 11 is 0.